The van der Waals surface area contributed by atoms with E-state index in [9.17, 15) is 14.7 Å². The molecule has 0 bridgehead atoms. The average Bonchev–Trinajstić information content (AvgIpc) is 1.96. The van der Waals surface area contributed by atoms with Crippen molar-refractivity contribution in [2.75, 3.05) is 27.6 Å². The summed E-state index contributed by atoms with van der Waals surface area (Å²) in [5.74, 6) is -2.04. The Hall–Kier alpha value is -1.10. The van der Waals surface area contributed by atoms with Gasteiger partial charge >= 0.3 is 5.97 Å². The molecule has 14 heavy (non-hydrogen) atoms. The third kappa shape index (κ3) is 7.54. The van der Waals surface area contributed by atoms with Crippen molar-refractivity contribution >= 4 is 11.9 Å². The molecule has 0 fully saturated rings. The summed E-state index contributed by atoms with van der Waals surface area (Å²) in [6.45, 7) is -1.30. The first-order valence-electron chi connectivity index (χ1n) is 5.66. The van der Waals surface area contributed by atoms with Crippen LogP contribution in [0, 0.1) is 0 Å². The molecule has 5 nitrogen and oxygen atoms in total. The third-order valence-electron chi connectivity index (χ3n) is 1.39. The minimum Gasteiger partial charge on any atom is -0.550 e. The van der Waals surface area contributed by atoms with Gasteiger partial charge in [0, 0.05) is 19.3 Å². The van der Waals surface area contributed by atoms with Crippen molar-refractivity contribution in [1.82, 2.24) is 0 Å². The minimum absolute atomic E-state index is 0.121. The summed E-state index contributed by atoms with van der Waals surface area (Å²) in [4.78, 5) is 21.3. The van der Waals surface area contributed by atoms with Crippen LogP contribution in [-0.4, -0.2) is 50.1 Å². The first kappa shape index (κ1) is 8.23. The van der Waals surface area contributed by atoms with E-state index in [4.69, 9.17) is 8.85 Å². The van der Waals surface area contributed by atoms with E-state index >= 15 is 0 Å². The first-order chi connectivity index (χ1) is 7.45. The van der Waals surface area contributed by atoms with Crippen molar-refractivity contribution in [3.05, 3.63) is 0 Å². The number of hydrogen-bond acceptors (Lipinski definition) is 4. The molecule has 0 saturated carbocycles. The van der Waals surface area contributed by atoms with Crippen LogP contribution >= 0.6 is 0 Å². The number of ether oxygens (including phenoxy) is 1. The van der Waals surface area contributed by atoms with Crippen molar-refractivity contribution in [1.29, 1.82) is 0 Å². The molecule has 5 heteroatoms. The molecule has 1 atom stereocenters. The molecule has 0 aliphatic carbocycles. The molecule has 0 amide bonds. The highest BCUT2D eigenvalue weighted by atomic mass is 16.5. The average molecular weight is 206 g/mol. The summed E-state index contributed by atoms with van der Waals surface area (Å²) in [6.07, 6.45) is -1.52. The SMILES string of the molecule is [2H]C([2H])([2H])[N+](C)(C)C[C@@H](CC(=O)[O-])OC(C)=O. The molecular formula is C9H17NO4. The van der Waals surface area contributed by atoms with Crippen LogP contribution in [0.2, 0.25) is 0 Å². The van der Waals surface area contributed by atoms with E-state index in [0.29, 0.717) is 0 Å². The van der Waals surface area contributed by atoms with Gasteiger partial charge in [0.15, 0.2) is 6.10 Å². The number of carboxylic acids is 1. The predicted molar refractivity (Wildman–Crippen MR) is 48.1 cm³/mol. The Kier molecular flexibility index (Phi) is 2.91. The van der Waals surface area contributed by atoms with Gasteiger partial charge in [-0.05, 0) is 0 Å². The van der Waals surface area contributed by atoms with E-state index in [-0.39, 0.29) is 6.54 Å². The number of nitrogens with zero attached hydrogens (tertiary/aromatic N) is 1. The molecule has 0 aromatic carbocycles. The Balaban J connectivity index is 4.73. The second-order valence-corrected chi connectivity index (χ2v) is 3.68. The standard InChI is InChI=1S/C9H17NO4/c1-7(11)14-8(5-9(12)13)6-10(2,3)4/h8H,5-6H2,1-4H3/t8-/m1/s1/i2D3. The summed E-state index contributed by atoms with van der Waals surface area (Å²) in [6, 6.07) is 0. The minimum atomic E-state index is -2.32. The predicted octanol–water partition coefficient (Wildman–Crippen LogP) is -1.24. The van der Waals surface area contributed by atoms with Crippen molar-refractivity contribution in [3.8, 4) is 0 Å². The second-order valence-electron chi connectivity index (χ2n) is 3.68. The topological polar surface area (TPSA) is 66.4 Å². The summed E-state index contributed by atoms with van der Waals surface area (Å²) in [7, 11) is 2.83. The van der Waals surface area contributed by atoms with Gasteiger partial charge in [0.2, 0.25) is 0 Å². The molecule has 0 aromatic rings. The Morgan fingerprint density at radius 2 is 2.14 bits per heavy atom. The maximum Gasteiger partial charge on any atom is 0.303 e. The van der Waals surface area contributed by atoms with E-state index in [2.05, 4.69) is 0 Å². The lowest BCUT2D eigenvalue weighted by atomic mass is 10.2. The normalized spacial score (nSPS) is 17.5. The number of carbonyl (C=O) groups excluding carboxylic acids is 2. The van der Waals surface area contributed by atoms with Crippen molar-refractivity contribution in [2.24, 2.45) is 0 Å². The largest absolute Gasteiger partial charge is 0.550 e. The molecule has 0 rings (SSSR count). The van der Waals surface area contributed by atoms with Gasteiger partial charge in [0.1, 0.15) is 6.54 Å². The van der Waals surface area contributed by atoms with Crippen LogP contribution in [0.1, 0.15) is 17.5 Å². The fraction of sp³-hybridized carbons (Fsp3) is 0.778. The van der Waals surface area contributed by atoms with Crippen LogP contribution < -0.4 is 5.11 Å². The van der Waals surface area contributed by atoms with Crippen molar-refractivity contribution in [2.45, 2.75) is 19.4 Å². The Morgan fingerprint density at radius 3 is 2.50 bits per heavy atom. The second kappa shape index (κ2) is 4.95. The van der Waals surface area contributed by atoms with Gasteiger partial charge in [-0.25, -0.2) is 0 Å². The van der Waals surface area contributed by atoms with Gasteiger partial charge in [0.25, 0.3) is 0 Å². The molecule has 0 unspecified atom stereocenters. The Bertz CT molecular complexity index is 285. The number of carbonyl (C=O) groups is 2. The van der Waals surface area contributed by atoms with E-state index in [1.54, 1.807) is 0 Å². The van der Waals surface area contributed by atoms with E-state index in [1.807, 2.05) is 0 Å². The van der Waals surface area contributed by atoms with Crippen LogP contribution in [0.4, 0.5) is 0 Å². The molecule has 0 spiro atoms. The molecule has 0 saturated heterocycles. The van der Waals surface area contributed by atoms with Gasteiger partial charge < -0.3 is 19.1 Å². The summed E-state index contributed by atoms with van der Waals surface area (Å²) >= 11 is 0. The number of quaternary nitrogens is 1. The summed E-state index contributed by atoms with van der Waals surface area (Å²) < 4.78 is 26.2. The van der Waals surface area contributed by atoms with Crippen molar-refractivity contribution in [3.63, 3.8) is 0 Å². The number of aliphatic carboxylic acids is 1. The van der Waals surface area contributed by atoms with E-state index in [0.717, 1.165) is 6.92 Å². The van der Waals surface area contributed by atoms with Crippen LogP contribution in [0.5, 0.6) is 0 Å². The lowest BCUT2D eigenvalue weighted by Gasteiger charge is -2.28. The number of esters is 1. The fourth-order valence-corrected chi connectivity index (χ4v) is 1.07. The summed E-state index contributed by atoms with van der Waals surface area (Å²) in [5, 5.41) is 10.5. The van der Waals surface area contributed by atoms with Crippen molar-refractivity contribution < 1.29 is 28.0 Å². The Morgan fingerprint density at radius 1 is 1.57 bits per heavy atom. The zero-order valence-electron chi connectivity index (χ0n) is 11.6. The quantitative estimate of drug-likeness (QED) is 0.417. The monoisotopic (exact) mass is 206 g/mol. The van der Waals surface area contributed by atoms with Crippen LogP contribution in [0.3, 0.4) is 0 Å². The maximum absolute atomic E-state index is 10.8. The molecule has 82 valence electrons. The molecule has 0 aliphatic rings. The van der Waals surface area contributed by atoms with Gasteiger partial charge in [-0.2, -0.15) is 0 Å². The molecule has 0 aromatic heterocycles. The highest BCUT2D eigenvalue weighted by molar-refractivity contribution is 5.68. The number of likely N-dealkylation sites (N-methyl/N-ethyl adjacent to an activating group) is 1. The highest BCUT2D eigenvalue weighted by Gasteiger charge is 2.20. The number of carboxylic acid groups (broad SMARTS) is 1. The zero-order chi connectivity index (χ0) is 13.9. The Labute approximate surface area is 88.1 Å². The van der Waals surface area contributed by atoms with Gasteiger partial charge in [-0.3, -0.25) is 4.79 Å². The molecule has 0 radical (unpaired) electrons. The molecular weight excluding hydrogens is 186 g/mol. The van der Waals surface area contributed by atoms with Crippen LogP contribution in [0.15, 0.2) is 0 Å². The number of hydrogen-bond donors (Lipinski definition) is 0. The highest BCUT2D eigenvalue weighted by Crippen LogP contribution is 2.04. The first-order valence-corrected chi connectivity index (χ1v) is 4.16. The van der Waals surface area contributed by atoms with E-state index < -0.39 is 35.9 Å². The van der Waals surface area contributed by atoms with Gasteiger partial charge in [-0.1, -0.05) is 0 Å². The zero-order valence-corrected chi connectivity index (χ0v) is 8.57. The van der Waals surface area contributed by atoms with Gasteiger partial charge in [-0.15, -0.1) is 0 Å². The maximum atomic E-state index is 10.8. The van der Waals surface area contributed by atoms with Crippen LogP contribution in [0.25, 0.3) is 0 Å². The van der Waals surface area contributed by atoms with Gasteiger partial charge in [0.05, 0.1) is 25.2 Å². The fourth-order valence-electron chi connectivity index (χ4n) is 1.07. The van der Waals surface area contributed by atoms with E-state index in [1.165, 1.54) is 14.1 Å². The summed E-state index contributed by atoms with van der Waals surface area (Å²) in [5.41, 5.74) is 0. The molecule has 0 N–H and O–H groups in total. The van der Waals surface area contributed by atoms with Crippen LogP contribution in [-0.2, 0) is 14.3 Å². The molecule has 0 aliphatic heterocycles. The lowest BCUT2D eigenvalue weighted by molar-refractivity contribution is -0.873. The number of rotatable bonds is 5. The smallest absolute Gasteiger partial charge is 0.303 e. The molecule has 0 heterocycles. The lowest BCUT2D eigenvalue weighted by Crippen LogP contribution is -2.45. The third-order valence-corrected chi connectivity index (χ3v) is 1.39.